The van der Waals surface area contributed by atoms with Crippen molar-refractivity contribution >= 4 is 22.8 Å². The zero-order chi connectivity index (χ0) is 27.9. The predicted molar refractivity (Wildman–Crippen MR) is 152 cm³/mol. The standard InChI is InChI=1S/C31H35N5O4/c1-3-40-28-15-9-6-12-25(28)30(31(38)32-23-10-4-5-11-23)35(20-22-16-18-24(39-2)19-17-22)29(37)21-36-27-14-8-7-13-26(27)33-34-36/h6-9,12-19,23,30H,3-5,10-11,20-21H2,1-2H3,(H,32,38). The van der Waals surface area contributed by atoms with E-state index in [4.69, 9.17) is 9.47 Å². The van der Waals surface area contributed by atoms with Gasteiger partial charge in [-0.1, -0.05) is 60.5 Å². The first-order valence-corrected chi connectivity index (χ1v) is 13.8. The number of benzene rings is 3. The Labute approximate surface area is 234 Å². The Hall–Kier alpha value is -4.40. The van der Waals surface area contributed by atoms with Crippen LogP contribution in [-0.4, -0.2) is 51.5 Å². The zero-order valence-electron chi connectivity index (χ0n) is 23.0. The van der Waals surface area contributed by atoms with Crippen LogP contribution in [0, 0.1) is 0 Å². The molecule has 1 fully saturated rings. The summed E-state index contributed by atoms with van der Waals surface area (Å²) in [5.41, 5.74) is 2.96. The monoisotopic (exact) mass is 541 g/mol. The van der Waals surface area contributed by atoms with E-state index in [9.17, 15) is 9.59 Å². The van der Waals surface area contributed by atoms with Crippen molar-refractivity contribution in [1.29, 1.82) is 0 Å². The summed E-state index contributed by atoms with van der Waals surface area (Å²) in [6, 6.07) is 21.7. The molecule has 9 nitrogen and oxygen atoms in total. The van der Waals surface area contributed by atoms with E-state index in [1.54, 1.807) is 16.7 Å². The van der Waals surface area contributed by atoms with Gasteiger partial charge >= 0.3 is 0 Å². The molecule has 9 heteroatoms. The molecule has 208 valence electrons. The van der Waals surface area contributed by atoms with Crippen molar-refractivity contribution in [2.75, 3.05) is 13.7 Å². The predicted octanol–water partition coefficient (Wildman–Crippen LogP) is 4.67. The number of amides is 2. The summed E-state index contributed by atoms with van der Waals surface area (Å²) in [5.74, 6) is 0.817. The molecule has 1 heterocycles. The van der Waals surface area contributed by atoms with Crippen LogP contribution in [0.2, 0.25) is 0 Å². The number of fused-ring (bicyclic) bond motifs is 1. The molecular weight excluding hydrogens is 506 g/mol. The highest BCUT2D eigenvalue weighted by Crippen LogP contribution is 2.33. The van der Waals surface area contributed by atoms with Gasteiger partial charge in [0.15, 0.2) is 0 Å². The summed E-state index contributed by atoms with van der Waals surface area (Å²) in [6.07, 6.45) is 4.03. The van der Waals surface area contributed by atoms with Crippen molar-refractivity contribution in [3.8, 4) is 11.5 Å². The Balaban J connectivity index is 1.56. The van der Waals surface area contributed by atoms with Crippen LogP contribution in [0.4, 0.5) is 0 Å². The van der Waals surface area contributed by atoms with E-state index in [0.717, 1.165) is 36.8 Å². The number of para-hydroxylation sites is 2. The molecule has 0 bridgehead atoms. The minimum Gasteiger partial charge on any atom is -0.497 e. The number of nitrogens with zero attached hydrogens (tertiary/aromatic N) is 4. The number of carbonyl (C=O) groups is 2. The lowest BCUT2D eigenvalue weighted by molar-refractivity contribution is -0.142. The van der Waals surface area contributed by atoms with Gasteiger partial charge < -0.3 is 19.7 Å². The second-order valence-corrected chi connectivity index (χ2v) is 9.97. The molecule has 1 aliphatic rings. The molecule has 1 aromatic heterocycles. The number of hydrogen-bond acceptors (Lipinski definition) is 6. The molecule has 1 N–H and O–H groups in total. The maximum atomic E-state index is 14.2. The molecule has 1 unspecified atom stereocenters. The third-order valence-electron chi connectivity index (χ3n) is 7.31. The second-order valence-electron chi connectivity index (χ2n) is 9.97. The quantitative estimate of drug-likeness (QED) is 0.296. The van der Waals surface area contributed by atoms with Crippen molar-refractivity contribution in [2.24, 2.45) is 0 Å². The van der Waals surface area contributed by atoms with Crippen molar-refractivity contribution in [3.63, 3.8) is 0 Å². The van der Waals surface area contributed by atoms with Crippen LogP contribution < -0.4 is 14.8 Å². The summed E-state index contributed by atoms with van der Waals surface area (Å²) in [4.78, 5) is 29.9. The summed E-state index contributed by atoms with van der Waals surface area (Å²) >= 11 is 0. The summed E-state index contributed by atoms with van der Waals surface area (Å²) in [7, 11) is 1.61. The Kier molecular flexibility index (Phi) is 8.59. The maximum Gasteiger partial charge on any atom is 0.247 e. The molecule has 40 heavy (non-hydrogen) atoms. The van der Waals surface area contributed by atoms with Crippen LogP contribution >= 0.6 is 0 Å². The Morgan fingerprint density at radius 2 is 1.75 bits per heavy atom. The van der Waals surface area contributed by atoms with Crippen molar-refractivity contribution in [1.82, 2.24) is 25.2 Å². The number of nitrogens with one attached hydrogen (secondary N) is 1. The topological polar surface area (TPSA) is 98.6 Å². The molecule has 1 aliphatic carbocycles. The van der Waals surface area contributed by atoms with E-state index in [-0.39, 0.29) is 30.9 Å². The first kappa shape index (κ1) is 27.2. The van der Waals surface area contributed by atoms with Gasteiger partial charge in [-0.25, -0.2) is 4.68 Å². The van der Waals surface area contributed by atoms with E-state index in [1.807, 2.05) is 79.7 Å². The lowest BCUT2D eigenvalue weighted by Gasteiger charge is -2.33. The summed E-state index contributed by atoms with van der Waals surface area (Å²) < 4.78 is 12.9. The minimum absolute atomic E-state index is 0.0688. The third-order valence-corrected chi connectivity index (χ3v) is 7.31. The highest BCUT2D eigenvalue weighted by atomic mass is 16.5. The normalized spacial score (nSPS) is 14.2. The fourth-order valence-electron chi connectivity index (χ4n) is 5.30. The number of hydrogen-bond donors (Lipinski definition) is 1. The second kappa shape index (κ2) is 12.6. The molecule has 1 atom stereocenters. The Bertz CT molecular complexity index is 1450. The number of carbonyl (C=O) groups excluding carboxylic acids is 2. The van der Waals surface area contributed by atoms with Crippen LogP contribution in [0.15, 0.2) is 72.8 Å². The number of ether oxygens (including phenoxy) is 2. The molecule has 4 aromatic rings. The molecule has 0 spiro atoms. The molecule has 0 saturated heterocycles. The largest absolute Gasteiger partial charge is 0.497 e. The number of rotatable bonds is 11. The van der Waals surface area contributed by atoms with Crippen LogP contribution in [0.5, 0.6) is 11.5 Å². The van der Waals surface area contributed by atoms with Gasteiger partial charge in [0.25, 0.3) is 0 Å². The first-order valence-electron chi connectivity index (χ1n) is 13.8. The average molecular weight is 542 g/mol. The maximum absolute atomic E-state index is 14.2. The smallest absolute Gasteiger partial charge is 0.247 e. The average Bonchev–Trinajstić information content (AvgIpc) is 3.64. The number of aromatic nitrogens is 3. The number of methoxy groups -OCH3 is 1. The molecule has 3 aromatic carbocycles. The van der Waals surface area contributed by atoms with Crippen molar-refractivity contribution < 1.29 is 19.1 Å². The fourth-order valence-corrected chi connectivity index (χ4v) is 5.30. The fraction of sp³-hybridized carbons (Fsp3) is 0.355. The first-order chi connectivity index (χ1) is 19.6. The van der Waals surface area contributed by atoms with Crippen LogP contribution in [0.25, 0.3) is 11.0 Å². The lowest BCUT2D eigenvalue weighted by atomic mass is 10.0. The zero-order valence-corrected chi connectivity index (χ0v) is 23.0. The van der Waals surface area contributed by atoms with Crippen LogP contribution in [-0.2, 0) is 22.7 Å². The van der Waals surface area contributed by atoms with Crippen LogP contribution in [0.1, 0.15) is 49.8 Å². The van der Waals surface area contributed by atoms with Gasteiger partial charge in [-0.05, 0) is 55.7 Å². The lowest BCUT2D eigenvalue weighted by Crippen LogP contribution is -2.46. The van der Waals surface area contributed by atoms with Gasteiger partial charge in [0.05, 0.1) is 19.2 Å². The summed E-state index contributed by atoms with van der Waals surface area (Å²) in [5, 5.41) is 11.7. The van der Waals surface area contributed by atoms with Crippen molar-refractivity contribution in [3.05, 3.63) is 83.9 Å². The van der Waals surface area contributed by atoms with E-state index in [0.29, 0.717) is 29.2 Å². The molecule has 0 radical (unpaired) electrons. The van der Waals surface area contributed by atoms with Gasteiger partial charge in [0, 0.05) is 18.2 Å². The highest BCUT2D eigenvalue weighted by molar-refractivity contribution is 5.90. The molecule has 0 aliphatic heterocycles. The molecule has 1 saturated carbocycles. The SMILES string of the molecule is CCOc1ccccc1C(C(=O)NC1CCCC1)N(Cc1ccc(OC)cc1)C(=O)Cn1nnc2ccccc21. The van der Waals surface area contributed by atoms with E-state index in [1.165, 1.54) is 0 Å². The van der Waals surface area contributed by atoms with E-state index in [2.05, 4.69) is 15.6 Å². The molecule has 2 amide bonds. The molecular formula is C31H35N5O4. The van der Waals surface area contributed by atoms with Crippen LogP contribution in [0.3, 0.4) is 0 Å². The summed E-state index contributed by atoms with van der Waals surface area (Å²) in [6.45, 7) is 2.48. The third kappa shape index (κ3) is 6.09. The Morgan fingerprint density at radius 3 is 2.50 bits per heavy atom. The Morgan fingerprint density at radius 1 is 1.02 bits per heavy atom. The van der Waals surface area contributed by atoms with Gasteiger partial charge in [0.1, 0.15) is 29.6 Å². The van der Waals surface area contributed by atoms with E-state index < -0.39 is 6.04 Å². The van der Waals surface area contributed by atoms with Crippen molar-refractivity contribution in [2.45, 2.75) is 57.8 Å². The minimum atomic E-state index is -0.910. The molecule has 5 rings (SSSR count). The van der Waals surface area contributed by atoms with Gasteiger partial charge in [-0.3, -0.25) is 9.59 Å². The highest BCUT2D eigenvalue weighted by Gasteiger charge is 2.35. The van der Waals surface area contributed by atoms with Gasteiger partial charge in [0.2, 0.25) is 11.8 Å². The van der Waals surface area contributed by atoms with Gasteiger partial charge in [-0.2, -0.15) is 0 Å². The van der Waals surface area contributed by atoms with Gasteiger partial charge in [-0.15, -0.1) is 5.10 Å². The van der Waals surface area contributed by atoms with E-state index >= 15 is 0 Å².